The van der Waals surface area contributed by atoms with Crippen LogP contribution in [0.2, 0.25) is 0 Å². The largest absolute Gasteiger partial charge is 0.461 e. The van der Waals surface area contributed by atoms with Crippen molar-refractivity contribution in [2.45, 2.75) is 311 Å². The Balaban J connectivity index is 0.543. The number of imide groups is 1. The Labute approximate surface area is 738 Å². The summed E-state index contributed by atoms with van der Waals surface area (Å²) >= 11 is 0. The SMILES string of the molecule is C=C1CC2CC[C@@]34CC5O[C@H]6[C@@H](O3)[C@H]3OC(CC[C@@H]3O[C@H]6C5O4)CC(=O)C[C@H]3[C@H](C[C@H]4OC(CC[C@@H]1O2)C[C@@H](C)C4=C)OC(C[C@H](O)CCC(=O)OCc1ccc(CC(=O)[C@H](CC(N)=O)NC(=O)[C@H](C)CC(=O)[C@H](C)NC(=O)OCc2ccc(NC(=O)[C@H](CC(N)=O)CC(=O)[C@H](C)NC(=O)[C@H](C)CC(=O)CCOCCOCCN4C(=O)C=CC4=O)cc2)cc1)[C@@H]3OC. The number of rotatable bonds is 41. The van der Waals surface area contributed by atoms with Crippen LogP contribution >= 0.6 is 0 Å². The normalized spacial score (nSPS) is 30.0. The van der Waals surface area contributed by atoms with E-state index in [-0.39, 0.29) is 176 Å². The molecule has 2 aromatic carbocycles. The number of carbonyl (C=O) groups excluding carboxylic acids is 14. The first-order valence-corrected chi connectivity index (χ1v) is 44.5. The van der Waals surface area contributed by atoms with Crippen molar-refractivity contribution in [2.24, 2.45) is 41.1 Å². The lowest BCUT2D eigenvalue weighted by atomic mass is 9.81. The molecule has 0 aliphatic carbocycles. The van der Waals surface area contributed by atoms with E-state index in [1.54, 1.807) is 31.4 Å². The van der Waals surface area contributed by atoms with Gasteiger partial charge in [-0.3, -0.25) is 67.2 Å². The van der Waals surface area contributed by atoms with Crippen LogP contribution < -0.4 is 32.7 Å². The Kier molecular flexibility index (Phi) is 33.8. The lowest BCUT2D eigenvalue weighted by Gasteiger charge is -2.47. The van der Waals surface area contributed by atoms with Crippen LogP contribution in [-0.4, -0.2) is 254 Å². The van der Waals surface area contributed by atoms with Gasteiger partial charge < -0.3 is 99.4 Å². The molecule has 10 saturated heterocycles. The van der Waals surface area contributed by atoms with Gasteiger partial charge in [-0.2, -0.15) is 0 Å². The number of methoxy groups -OCH3 is 1. The van der Waals surface area contributed by atoms with Gasteiger partial charge in [0.25, 0.3) is 11.8 Å². The fourth-order valence-corrected chi connectivity index (χ4v) is 18.8. The molecule has 11 aliphatic heterocycles. The fraction of sp³-hybridized carbons (Fsp3) is 0.652. The van der Waals surface area contributed by atoms with Gasteiger partial charge in [0.2, 0.25) is 29.5 Å². The molecular weight excluding hydrogens is 1650 g/mol. The summed E-state index contributed by atoms with van der Waals surface area (Å²) < 4.78 is 82.7. The van der Waals surface area contributed by atoms with Gasteiger partial charge in [-0.05, 0) is 111 Å². The molecule has 11 aliphatic rings. The fourth-order valence-electron chi connectivity index (χ4n) is 18.8. The number of alkyl carbamates (subject to hydrolysis) is 1. The molecule has 8 amide bonds. The van der Waals surface area contributed by atoms with Gasteiger partial charge in [0.15, 0.2) is 23.1 Å². The Morgan fingerprint density at radius 1 is 0.583 bits per heavy atom. The van der Waals surface area contributed by atoms with E-state index >= 15 is 0 Å². The van der Waals surface area contributed by atoms with Gasteiger partial charge in [-0.1, -0.05) is 70.3 Å². The monoisotopic (exact) mass is 1770 g/mol. The number of aliphatic hydroxyl groups is 1. The quantitative estimate of drug-likeness (QED) is 0.0194. The summed E-state index contributed by atoms with van der Waals surface area (Å²) in [4.78, 5) is 182. The zero-order chi connectivity index (χ0) is 91.1. The molecule has 1 spiro atoms. The van der Waals surface area contributed by atoms with Crippen molar-refractivity contribution in [3.05, 3.63) is 102 Å². The molecule has 2 aromatic rings. The zero-order valence-electron chi connectivity index (χ0n) is 73.1. The zero-order valence-corrected chi connectivity index (χ0v) is 73.1. The second-order valence-electron chi connectivity index (χ2n) is 35.8. The van der Waals surface area contributed by atoms with Gasteiger partial charge in [0, 0.05) is 126 Å². The maximum atomic E-state index is 14.6. The maximum Gasteiger partial charge on any atom is 0.408 e. The van der Waals surface area contributed by atoms with Crippen molar-refractivity contribution < 1.29 is 134 Å². The van der Waals surface area contributed by atoms with Crippen LogP contribution in [0.25, 0.3) is 0 Å². The summed E-state index contributed by atoms with van der Waals surface area (Å²) in [5, 5.41) is 21.8. The molecule has 0 radical (unpaired) electrons. The molecule has 13 rings (SSSR count). The van der Waals surface area contributed by atoms with Crippen LogP contribution in [0.1, 0.15) is 186 Å². The number of esters is 1. The third-order valence-electron chi connectivity index (χ3n) is 26.0. The molecule has 25 atom stereocenters. The lowest BCUT2D eigenvalue weighted by Crippen LogP contribution is -2.61. The minimum Gasteiger partial charge on any atom is -0.461 e. The van der Waals surface area contributed by atoms with Crippen LogP contribution in [0.4, 0.5) is 10.5 Å². The summed E-state index contributed by atoms with van der Waals surface area (Å²) in [5.41, 5.74) is 14.8. The number of nitrogens with two attached hydrogens (primary N) is 2. The van der Waals surface area contributed by atoms with E-state index in [4.69, 9.17) is 73.0 Å². The third-order valence-corrected chi connectivity index (χ3v) is 26.0. The maximum absolute atomic E-state index is 14.6. The molecule has 35 nitrogen and oxygen atoms in total. The van der Waals surface area contributed by atoms with Gasteiger partial charge in [-0.25, -0.2) is 4.79 Å². The molecule has 127 heavy (non-hydrogen) atoms. The second kappa shape index (κ2) is 44.4. The summed E-state index contributed by atoms with van der Waals surface area (Å²) in [7, 11) is 1.58. The predicted molar refractivity (Wildman–Crippen MR) is 449 cm³/mol. The summed E-state index contributed by atoms with van der Waals surface area (Å²) in [6, 6.07) is 8.91. The van der Waals surface area contributed by atoms with E-state index < -0.39 is 187 Å². The smallest absolute Gasteiger partial charge is 0.408 e. The van der Waals surface area contributed by atoms with E-state index in [2.05, 4.69) is 41.3 Å². The number of Topliss-reactive ketones (excluding diaryl/α,β-unsaturated/α-hetero) is 5. The van der Waals surface area contributed by atoms with Crippen LogP contribution in [-0.2, 0) is 144 Å². The average molecular weight is 1780 g/mol. The van der Waals surface area contributed by atoms with Crippen LogP contribution in [0.5, 0.6) is 0 Å². The number of primary amides is 2. The Bertz CT molecular complexity index is 4370. The van der Waals surface area contributed by atoms with E-state index in [0.29, 0.717) is 48.8 Å². The number of hydrogen-bond donors (Lipinski definition) is 7. The van der Waals surface area contributed by atoms with Crippen LogP contribution in [0.15, 0.2) is 85.0 Å². The van der Waals surface area contributed by atoms with Crippen molar-refractivity contribution in [1.82, 2.24) is 20.9 Å². The number of ether oxygens (including phenoxy) is 13. The molecule has 6 unspecified atom stereocenters. The Hall–Kier alpha value is -9.24. The van der Waals surface area contributed by atoms with Gasteiger partial charge >= 0.3 is 12.1 Å². The standard InChI is InChI=1S/C92H123N7O28/c1-48-34-63-18-20-71-49(2)35-65(120-71)25-27-92-45-76-84(126-92)85-86(125-76)87(127-92)83-72(124-85)21-19-64(122-83)40-62(102)41-66-74(44-73(121-63)52(48)5)123-75(82(66)115-8)42-60(100)17-24-81(110)118-46-56-11-9-55(10-12-56)37-70(105)67(43-78(94)107)98-89(112)51(4)36-68(103)54(7)96-91(114)119-47-57-13-15-59(16-14-57)97-90(113)58(39-77(93)106)38-69(104)53(6)95-88(111)50(3)33-61(101)26-29-116-31-32-117-30-28-99-79(108)22-23-80(99)109/h9-16,22-23,48,50-51,53-54,58,60,63-67,71-76,82-87,100H,2,5,17-21,24-47H2,1,3-4,6-8H3,(H2,93,106)(H2,94,107)(H,95,111)(H,96,114)(H,97,113)(H,98,112)/t48-,50-,51-,53+,54+,58+,60-,63?,64?,65?,66+,67+,71+,72+,73-,74+,75?,76?,82-,83+,84?,85+,86-,87+,92+/m1/s1. The molecule has 694 valence electrons. The number of hydrogen-bond acceptors (Lipinski definition) is 28. The van der Waals surface area contributed by atoms with Crippen molar-refractivity contribution in [3.63, 3.8) is 0 Å². The molecule has 11 heterocycles. The number of aliphatic hydroxyl groups excluding tert-OH is 1. The van der Waals surface area contributed by atoms with Crippen molar-refractivity contribution in [1.29, 1.82) is 0 Å². The first-order valence-electron chi connectivity index (χ1n) is 44.5. The van der Waals surface area contributed by atoms with Crippen molar-refractivity contribution in [2.75, 3.05) is 45.4 Å². The predicted octanol–water partition coefficient (Wildman–Crippen LogP) is 5.22. The topological polar surface area (TPSA) is 483 Å². The molecule has 12 bridgehead atoms. The first kappa shape index (κ1) is 96.8. The molecular formula is C92H123N7O28. The number of nitrogens with one attached hydrogen (secondary N) is 4. The van der Waals surface area contributed by atoms with Crippen molar-refractivity contribution >= 4 is 88.0 Å². The van der Waals surface area contributed by atoms with E-state index in [9.17, 15) is 72.2 Å². The lowest BCUT2D eigenvalue weighted by molar-refractivity contribution is -0.292. The van der Waals surface area contributed by atoms with E-state index in [1.165, 1.54) is 64.1 Å². The minimum absolute atomic E-state index is 0.00242. The Morgan fingerprint density at radius 2 is 1.20 bits per heavy atom. The number of amides is 8. The highest BCUT2D eigenvalue weighted by Crippen LogP contribution is 2.55. The highest BCUT2D eigenvalue weighted by Gasteiger charge is 2.69. The second-order valence-corrected chi connectivity index (χ2v) is 35.8. The number of benzene rings is 2. The third kappa shape index (κ3) is 26.1. The van der Waals surface area contributed by atoms with Gasteiger partial charge in [0.1, 0.15) is 55.3 Å². The summed E-state index contributed by atoms with van der Waals surface area (Å²) in [5.74, 6) is -11.5. The van der Waals surface area contributed by atoms with Crippen molar-refractivity contribution in [3.8, 4) is 0 Å². The number of nitrogens with zero attached hydrogens (tertiary/aromatic N) is 1. The summed E-state index contributed by atoms with van der Waals surface area (Å²) in [6.07, 6.45) is -0.000463. The molecule has 0 aromatic heterocycles. The van der Waals surface area contributed by atoms with E-state index in [0.717, 1.165) is 48.2 Å². The summed E-state index contributed by atoms with van der Waals surface area (Å²) in [6.45, 7) is 17.0. The number of carbonyl (C=O) groups is 14. The molecule has 0 saturated carbocycles. The van der Waals surface area contributed by atoms with Gasteiger partial charge in [0.05, 0.1) is 131 Å². The van der Waals surface area contributed by atoms with E-state index in [1.807, 2.05) is 0 Å². The number of anilines is 1. The van der Waals surface area contributed by atoms with Gasteiger partial charge in [-0.15, -0.1) is 0 Å². The molecule has 10 fully saturated rings. The van der Waals surface area contributed by atoms with Crippen LogP contribution in [0, 0.1) is 29.6 Å². The molecule has 9 N–H and O–H groups in total. The highest BCUT2D eigenvalue weighted by atomic mass is 16.8. The van der Waals surface area contributed by atoms with Crippen LogP contribution in [0.3, 0.4) is 0 Å². The minimum atomic E-state index is -1.36. The highest BCUT2D eigenvalue weighted by molar-refractivity contribution is 6.13. The Morgan fingerprint density at radius 3 is 1.92 bits per heavy atom. The average Bonchev–Trinajstić information content (AvgIpc) is 1.55. The molecule has 35 heteroatoms. The number of ketones is 5. The first-order chi connectivity index (χ1) is 60.6. The number of fused-ring (bicyclic) bond motifs is 6.